The Morgan fingerprint density at radius 3 is 2.00 bits per heavy atom. The van der Waals surface area contributed by atoms with Gasteiger partial charge in [0.05, 0.1) is 0 Å². The summed E-state index contributed by atoms with van der Waals surface area (Å²) in [7, 11) is 0. The summed E-state index contributed by atoms with van der Waals surface area (Å²) in [5.41, 5.74) is 11.9. The van der Waals surface area contributed by atoms with Crippen molar-refractivity contribution in [2.24, 2.45) is 17.8 Å². The maximum atomic E-state index is 5.43. The highest BCUT2D eigenvalue weighted by Crippen LogP contribution is 2.41. The molecule has 3 rings (SSSR count). The first-order valence-electron chi connectivity index (χ1n) is 14.0. The minimum atomic E-state index is 0.319. The predicted octanol–water partition coefficient (Wildman–Crippen LogP) is 10.2. The number of hydrogen-bond donors (Lipinski definition) is 0. The van der Waals surface area contributed by atoms with Gasteiger partial charge in [0.25, 0.3) is 0 Å². The number of hydrogen-bond acceptors (Lipinski definition) is 0. The summed E-state index contributed by atoms with van der Waals surface area (Å²) in [5.74, 6) is 4.74. The van der Waals surface area contributed by atoms with Gasteiger partial charge in [0.1, 0.15) is 0 Å². The molecule has 2 aromatic rings. The van der Waals surface area contributed by atoms with E-state index in [1.807, 2.05) is 0 Å². The van der Waals surface area contributed by atoms with Crippen molar-refractivity contribution >= 4 is 11.1 Å². The van der Waals surface area contributed by atoms with Crippen LogP contribution in [-0.4, -0.2) is 0 Å². The summed E-state index contributed by atoms with van der Waals surface area (Å²) in [4.78, 5) is 0. The van der Waals surface area contributed by atoms with Crippen molar-refractivity contribution in [3.63, 3.8) is 0 Å². The molecule has 0 aromatic heterocycles. The smallest absolute Gasteiger partial charge is 0.0239 e. The van der Waals surface area contributed by atoms with Crippen LogP contribution < -0.4 is 0 Å². The van der Waals surface area contributed by atoms with E-state index in [1.54, 1.807) is 0 Å². The lowest BCUT2D eigenvalue weighted by Crippen LogP contribution is -2.08. The Morgan fingerprint density at radius 1 is 0.865 bits per heavy atom. The monoisotopic (exact) mass is 490 g/mol. The Labute approximate surface area is 227 Å². The molecule has 37 heavy (non-hydrogen) atoms. The lowest BCUT2D eigenvalue weighted by Gasteiger charge is -2.23. The molecule has 2 aromatic carbocycles. The van der Waals surface area contributed by atoms with Gasteiger partial charge in [-0.2, -0.15) is 0 Å². The third-order valence-corrected chi connectivity index (χ3v) is 7.30. The molecule has 0 fully saturated rings. The molecule has 1 aliphatic rings. The molecule has 2 atom stereocenters. The second-order valence-electron chi connectivity index (χ2n) is 11.9. The molecule has 0 radical (unpaired) electrons. The van der Waals surface area contributed by atoms with E-state index >= 15 is 0 Å². The Bertz CT molecular complexity index is 1180. The molecule has 0 N–H and O–H groups in total. The number of terminal acetylenes is 1. The minimum absolute atomic E-state index is 0.319. The van der Waals surface area contributed by atoms with Gasteiger partial charge in [-0.3, -0.25) is 0 Å². The van der Waals surface area contributed by atoms with Crippen LogP contribution in [-0.2, 0) is 12.8 Å². The molecule has 0 saturated heterocycles. The average molecular weight is 491 g/mol. The Balaban J connectivity index is 1.78. The average Bonchev–Trinajstić information content (AvgIpc) is 3.23. The van der Waals surface area contributed by atoms with Gasteiger partial charge >= 0.3 is 0 Å². The SMILES string of the molecule is C#CCCC(=C)c1ccc(C2C=C(C)C=C2[C@H](C)CC(=C)c2cc(CC(C)C)cc(CC(C)C)c2)cc1. The molecule has 1 aliphatic carbocycles. The van der Waals surface area contributed by atoms with E-state index in [-0.39, 0.29) is 0 Å². The number of benzene rings is 2. The van der Waals surface area contributed by atoms with Gasteiger partial charge in [0, 0.05) is 12.3 Å². The molecule has 0 heterocycles. The Kier molecular flexibility index (Phi) is 10.00. The van der Waals surface area contributed by atoms with Crippen molar-refractivity contribution in [1.29, 1.82) is 0 Å². The molecule has 0 bridgehead atoms. The molecule has 0 aliphatic heterocycles. The summed E-state index contributed by atoms with van der Waals surface area (Å²) in [6, 6.07) is 16.1. The van der Waals surface area contributed by atoms with E-state index in [2.05, 4.69) is 115 Å². The van der Waals surface area contributed by atoms with Crippen molar-refractivity contribution in [3.05, 3.63) is 107 Å². The van der Waals surface area contributed by atoms with Gasteiger partial charge < -0.3 is 0 Å². The first-order valence-corrected chi connectivity index (χ1v) is 14.0. The maximum absolute atomic E-state index is 5.43. The Hall–Kier alpha value is -3.04. The molecule has 0 amide bonds. The highest BCUT2D eigenvalue weighted by atomic mass is 14.3. The molecule has 0 saturated carbocycles. The molecule has 194 valence electrons. The van der Waals surface area contributed by atoms with Gasteiger partial charge in [-0.05, 0) is 89.3 Å². The summed E-state index contributed by atoms with van der Waals surface area (Å²) in [6.07, 6.45) is 15.0. The zero-order valence-corrected chi connectivity index (χ0v) is 24.0. The lowest BCUT2D eigenvalue weighted by atomic mass is 9.82. The second-order valence-corrected chi connectivity index (χ2v) is 11.9. The quantitative estimate of drug-likeness (QED) is 0.260. The van der Waals surface area contributed by atoms with Crippen LogP contribution in [0.15, 0.2) is 78.9 Å². The highest BCUT2D eigenvalue weighted by Gasteiger charge is 2.24. The van der Waals surface area contributed by atoms with Crippen LogP contribution in [0.4, 0.5) is 0 Å². The predicted molar refractivity (Wildman–Crippen MR) is 164 cm³/mol. The molecule has 0 spiro atoms. The summed E-state index contributed by atoms with van der Waals surface area (Å²) in [6.45, 7) is 22.6. The van der Waals surface area contributed by atoms with E-state index in [0.717, 1.165) is 37.7 Å². The normalized spacial score (nSPS) is 15.9. The number of allylic oxidation sites excluding steroid dienone is 6. The maximum Gasteiger partial charge on any atom is 0.0239 e. The molecular formula is C37H46. The van der Waals surface area contributed by atoms with Crippen LogP contribution in [0.3, 0.4) is 0 Å². The topological polar surface area (TPSA) is 0 Å². The fourth-order valence-electron chi connectivity index (χ4n) is 5.54. The van der Waals surface area contributed by atoms with E-state index in [4.69, 9.17) is 6.42 Å². The van der Waals surface area contributed by atoms with Crippen molar-refractivity contribution in [3.8, 4) is 12.3 Å². The standard InChI is InChI=1S/C37H46/c1-10-11-12-28(7)33-13-15-34(16-14-33)37-20-27(6)19-36(37)30(9)21-29(8)35-23-31(17-25(2)3)22-32(24-35)18-26(4)5/h1,13-16,19-20,22-26,30,37H,7-8,11-12,17-18,21H2,2-6,9H3/t30-,37?/m1/s1. The van der Waals surface area contributed by atoms with Crippen LogP contribution in [0.1, 0.15) is 94.5 Å². The van der Waals surface area contributed by atoms with Crippen LogP contribution >= 0.6 is 0 Å². The van der Waals surface area contributed by atoms with E-state index in [0.29, 0.717) is 23.7 Å². The van der Waals surface area contributed by atoms with E-state index in [9.17, 15) is 0 Å². The summed E-state index contributed by atoms with van der Waals surface area (Å²) >= 11 is 0. The lowest BCUT2D eigenvalue weighted by molar-refractivity contribution is 0.635. The van der Waals surface area contributed by atoms with Crippen molar-refractivity contribution in [1.82, 2.24) is 0 Å². The number of rotatable bonds is 12. The van der Waals surface area contributed by atoms with Gasteiger partial charge in [0.15, 0.2) is 0 Å². The van der Waals surface area contributed by atoms with Crippen LogP contribution in [0.2, 0.25) is 0 Å². The van der Waals surface area contributed by atoms with Gasteiger partial charge in [0.2, 0.25) is 0 Å². The van der Waals surface area contributed by atoms with E-state index < -0.39 is 0 Å². The van der Waals surface area contributed by atoms with Gasteiger partial charge in [-0.15, -0.1) is 12.3 Å². The van der Waals surface area contributed by atoms with Crippen LogP contribution in [0.25, 0.3) is 11.1 Å². The molecule has 1 unspecified atom stereocenters. The zero-order valence-electron chi connectivity index (χ0n) is 24.0. The van der Waals surface area contributed by atoms with Crippen LogP contribution in [0.5, 0.6) is 0 Å². The fourth-order valence-corrected chi connectivity index (χ4v) is 5.54. The zero-order chi connectivity index (χ0) is 27.1. The minimum Gasteiger partial charge on any atom is -0.120 e. The largest absolute Gasteiger partial charge is 0.120 e. The van der Waals surface area contributed by atoms with Gasteiger partial charge in [-0.25, -0.2) is 0 Å². The Morgan fingerprint density at radius 2 is 1.46 bits per heavy atom. The van der Waals surface area contributed by atoms with E-state index in [1.165, 1.54) is 44.5 Å². The van der Waals surface area contributed by atoms with Crippen molar-refractivity contribution in [2.75, 3.05) is 0 Å². The van der Waals surface area contributed by atoms with Crippen molar-refractivity contribution in [2.45, 2.75) is 79.6 Å². The summed E-state index contributed by atoms with van der Waals surface area (Å²) < 4.78 is 0. The molecular weight excluding hydrogens is 444 g/mol. The highest BCUT2D eigenvalue weighted by molar-refractivity contribution is 5.66. The first kappa shape index (κ1) is 28.5. The van der Waals surface area contributed by atoms with Crippen molar-refractivity contribution < 1.29 is 0 Å². The third kappa shape index (κ3) is 7.97. The first-order chi connectivity index (χ1) is 17.6. The molecule has 0 nitrogen and oxygen atoms in total. The molecule has 0 heteroatoms. The van der Waals surface area contributed by atoms with Crippen LogP contribution in [0, 0.1) is 30.1 Å². The van der Waals surface area contributed by atoms with Gasteiger partial charge in [-0.1, -0.05) is 114 Å². The summed E-state index contributed by atoms with van der Waals surface area (Å²) in [5, 5.41) is 0. The third-order valence-electron chi connectivity index (χ3n) is 7.30. The second kappa shape index (κ2) is 13.0. The fraction of sp³-hybridized carbons (Fsp3) is 0.405.